The molecule has 0 saturated heterocycles. The van der Waals surface area contributed by atoms with Gasteiger partial charge in [-0.25, -0.2) is 4.79 Å². The van der Waals surface area contributed by atoms with E-state index in [1.165, 1.54) is 19.4 Å². The molecule has 9 heteroatoms. The number of pyridine rings is 1. The van der Waals surface area contributed by atoms with Gasteiger partial charge in [0.25, 0.3) is 10.0 Å². The second kappa shape index (κ2) is 5.92. The van der Waals surface area contributed by atoms with Gasteiger partial charge < -0.3 is 4.74 Å². The molecule has 1 N–H and O–H groups in total. The van der Waals surface area contributed by atoms with E-state index in [9.17, 15) is 13.2 Å². The fourth-order valence-corrected chi connectivity index (χ4v) is 2.88. The molecule has 2 aromatic heterocycles. The van der Waals surface area contributed by atoms with Crippen molar-refractivity contribution in [3.8, 4) is 0 Å². The van der Waals surface area contributed by atoms with Crippen LogP contribution in [0.1, 0.15) is 17.3 Å². The van der Waals surface area contributed by atoms with Gasteiger partial charge in [-0.05, 0) is 19.1 Å². The van der Waals surface area contributed by atoms with E-state index < -0.39 is 16.0 Å². The Morgan fingerprint density at radius 3 is 2.81 bits per heavy atom. The van der Waals surface area contributed by atoms with Crippen LogP contribution in [0.15, 0.2) is 35.7 Å². The lowest BCUT2D eigenvalue weighted by Crippen LogP contribution is -2.28. The summed E-state index contributed by atoms with van der Waals surface area (Å²) in [7, 11) is -2.61. The molecule has 0 unspecified atom stereocenters. The maximum absolute atomic E-state index is 12.5. The molecule has 0 aliphatic rings. The van der Waals surface area contributed by atoms with Gasteiger partial charge in [0, 0.05) is 13.2 Å². The first-order valence-corrected chi connectivity index (χ1v) is 7.52. The van der Waals surface area contributed by atoms with Crippen molar-refractivity contribution in [2.75, 3.05) is 18.0 Å². The zero-order valence-electron chi connectivity index (χ0n) is 11.5. The van der Waals surface area contributed by atoms with Crippen LogP contribution < -0.4 is 4.31 Å². The highest BCUT2D eigenvalue weighted by Gasteiger charge is 2.30. The number of rotatable bonds is 5. The van der Waals surface area contributed by atoms with Crippen molar-refractivity contribution < 1.29 is 17.9 Å². The lowest BCUT2D eigenvalue weighted by Gasteiger charge is -2.18. The molecule has 8 nitrogen and oxygen atoms in total. The maximum atomic E-state index is 12.5. The number of H-pyrrole nitrogens is 1. The summed E-state index contributed by atoms with van der Waals surface area (Å²) in [6.45, 7) is 1.77. The average Bonchev–Trinajstić information content (AvgIpc) is 2.98. The molecule has 0 aromatic carbocycles. The van der Waals surface area contributed by atoms with E-state index in [0.717, 1.165) is 10.5 Å². The number of anilines is 1. The largest absolute Gasteiger partial charge is 0.462 e. The van der Waals surface area contributed by atoms with Crippen molar-refractivity contribution in [2.45, 2.75) is 11.9 Å². The summed E-state index contributed by atoms with van der Waals surface area (Å²) >= 11 is 0. The van der Waals surface area contributed by atoms with Crippen molar-refractivity contribution in [1.82, 2.24) is 15.2 Å². The first kappa shape index (κ1) is 15.0. The SMILES string of the molecule is CCOC(=O)c1cn[nH]c1S(=O)(=O)N(C)c1cccnc1. The van der Waals surface area contributed by atoms with Crippen LogP contribution in [0.3, 0.4) is 0 Å². The summed E-state index contributed by atoms with van der Waals surface area (Å²) < 4.78 is 30.9. The standard InChI is InChI=1S/C12H14N4O4S/c1-3-20-12(17)10-8-14-15-11(10)21(18,19)16(2)9-5-4-6-13-7-9/h4-8H,3H2,1-2H3,(H,14,15). The quantitative estimate of drug-likeness (QED) is 0.819. The molecule has 0 spiro atoms. The lowest BCUT2D eigenvalue weighted by atomic mass is 10.4. The molecular formula is C12H14N4O4S. The number of sulfonamides is 1. The van der Waals surface area contributed by atoms with Crippen molar-refractivity contribution in [1.29, 1.82) is 0 Å². The van der Waals surface area contributed by atoms with Crippen LogP contribution >= 0.6 is 0 Å². The number of ether oxygens (including phenoxy) is 1. The minimum absolute atomic E-state index is 0.132. The van der Waals surface area contributed by atoms with E-state index in [1.807, 2.05) is 0 Å². The van der Waals surface area contributed by atoms with Crippen LogP contribution in [0.2, 0.25) is 0 Å². The molecule has 0 aliphatic heterocycles. The Hall–Kier alpha value is -2.42. The van der Waals surface area contributed by atoms with Gasteiger partial charge in [0.15, 0.2) is 5.03 Å². The van der Waals surface area contributed by atoms with Crippen molar-refractivity contribution in [3.63, 3.8) is 0 Å². The topological polar surface area (TPSA) is 105 Å². The molecule has 0 fully saturated rings. The molecule has 0 radical (unpaired) electrons. The van der Waals surface area contributed by atoms with E-state index >= 15 is 0 Å². The van der Waals surface area contributed by atoms with Gasteiger partial charge in [-0.2, -0.15) is 13.5 Å². The molecule has 112 valence electrons. The summed E-state index contributed by atoms with van der Waals surface area (Å²) in [5, 5.41) is 5.64. The fraction of sp³-hybridized carbons (Fsp3) is 0.250. The van der Waals surface area contributed by atoms with Gasteiger partial charge in [0.05, 0.1) is 24.7 Å². The fourth-order valence-electron chi connectivity index (χ4n) is 1.64. The first-order chi connectivity index (χ1) is 9.98. The number of hydrogen-bond acceptors (Lipinski definition) is 6. The third-order valence-electron chi connectivity index (χ3n) is 2.73. The Kier molecular flexibility index (Phi) is 4.22. The first-order valence-electron chi connectivity index (χ1n) is 6.08. The number of aromatic amines is 1. The molecule has 2 aromatic rings. The Labute approximate surface area is 121 Å². The summed E-state index contributed by atoms with van der Waals surface area (Å²) in [6, 6.07) is 3.20. The van der Waals surface area contributed by atoms with Gasteiger partial charge in [0.2, 0.25) is 0 Å². The van der Waals surface area contributed by atoms with Crippen molar-refractivity contribution in [2.24, 2.45) is 0 Å². The van der Waals surface area contributed by atoms with Gasteiger partial charge >= 0.3 is 5.97 Å². The number of esters is 1. The molecule has 0 atom stereocenters. The van der Waals surface area contributed by atoms with Crippen LogP contribution in [0.4, 0.5) is 5.69 Å². The lowest BCUT2D eigenvalue weighted by molar-refractivity contribution is 0.0522. The van der Waals surface area contributed by atoms with E-state index in [4.69, 9.17) is 4.74 Å². The smallest absolute Gasteiger partial charge is 0.342 e. The van der Waals surface area contributed by atoms with Gasteiger partial charge in [-0.15, -0.1) is 0 Å². The molecular weight excluding hydrogens is 296 g/mol. The molecule has 2 heterocycles. The number of hydrogen-bond donors (Lipinski definition) is 1. The molecule has 0 amide bonds. The number of nitrogens with one attached hydrogen (secondary N) is 1. The van der Waals surface area contributed by atoms with E-state index in [2.05, 4.69) is 15.2 Å². The van der Waals surface area contributed by atoms with E-state index in [-0.39, 0.29) is 17.2 Å². The normalized spacial score (nSPS) is 11.1. The predicted molar refractivity (Wildman–Crippen MR) is 74.4 cm³/mol. The van der Waals surface area contributed by atoms with Crippen LogP contribution in [-0.2, 0) is 14.8 Å². The summed E-state index contributed by atoms with van der Waals surface area (Å²) in [5.74, 6) is -0.746. The van der Waals surface area contributed by atoms with Crippen LogP contribution in [0.5, 0.6) is 0 Å². The zero-order valence-corrected chi connectivity index (χ0v) is 12.3. The van der Waals surface area contributed by atoms with E-state index in [1.54, 1.807) is 19.1 Å². The summed E-state index contributed by atoms with van der Waals surface area (Å²) in [5.41, 5.74) is 0.231. The van der Waals surface area contributed by atoms with Gasteiger partial charge in [0.1, 0.15) is 5.56 Å². The molecule has 21 heavy (non-hydrogen) atoms. The van der Waals surface area contributed by atoms with Gasteiger partial charge in [-0.1, -0.05) is 0 Å². The molecule has 2 rings (SSSR count). The summed E-state index contributed by atoms with van der Waals surface area (Å²) in [4.78, 5) is 15.6. The number of aromatic nitrogens is 3. The Balaban J connectivity index is 2.41. The molecule has 0 saturated carbocycles. The van der Waals surface area contributed by atoms with Crippen LogP contribution in [0.25, 0.3) is 0 Å². The number of carbonyl (C=O) groups excluding carboxylic acids is 1. The minimum Gasteiger partial charge on any atom is -0.462 e. The number of carbonyl (C=O) groups is 1. The number of nitrogens with zero attached hydrogens (tertiary/aromatic N) is 3. The van der Waals surface area contributed by atoms with Crippen molar-refractivity contribution in [3.05, 3.63) is 36.3 Å². The maximum Gasteiger partial charge on any atom is 0.342 e. The highest BCUT2D eigenvalue weighted by Crippen LogP contribution is 2.22. The Morgan fingerprint density at radius 2 is 2.19 bits per heavy atom. The third kappa shape index (κ3) is 2.87. The highest BCUT2D eigenvalue weighted by atomic mass is 32.2. The second-order valence-electron chi connectivity index (χ2n) is 4.02. The molecule has 0 bridgehead atoms. The van der Waals surface area contributed by atoms with Crippen LogP contribution in [0, 0.1) is 0 Å². The van der Waals surface area contributed by atoms with Crippen molar-refractivity contribution >= 4 is 21.7 Å². The van der Waals surface area contributed by atoms with E-state index in [0.29, 0.717) is 5.69 Å². The molecule has 0 aliphatic carbocycles. The van der Waals surface area contributed by atoms with Gasteiger partial charge in [-0.3, -0.25) is 14.4 Å². The Morgan fingerprint density at radius 1 is 1.43 bits per heavy atom. The third-order valence-corrected chi connectivity index (χ3v) is 4.49. The zero-order chi connectivity index (χ0) is 15.5. The Bertz CT molecular complexity index is 727. The monoisotopic (exact) mass is 310 g/mol. The second-order valence-corrected chi connectivity index (χ2v) is 5.92. The highest BCUT2D eigenvalue weighted by molar-refractivity contribution is 7.92. The average molecular weight is 310 g/mol. The minimum atomic E-state index is -3.97. The predicted octanol–water partition coefficient (Wildman–Crippen LogP) is 0.806. The van der Waals surface area contributed by atoms with Crippen LogP contribution in [-0.4, -0.2) is 43.2 Å². The summed E-state index contributed by atoms with van der Waals surface area (Å²) in [6.07, 6.45) is 4.06.